The van der Waals surface area contributed by atoms with Gasteiger partial charge in [-0.1, -0.05) is 0 Å². The van der Waals surface area contributed by atoms with Crippen LogP contribution in [0, 0.1) is 0 Å². The number of aliphatic hydroxyl groups excluding tert-OH is 1. The van der Waals surface area contributed by atoms with Crippen LogP contribution in [0.1, 0.15) is 50.5 Å². The summed E-state index contributed by atoms with van der Waals surface area (Å²) >= 11 is 0. The number of nitrogens with zero attached hydrogens (tertiary/aromatic N) is 2. The van der Waals surface area contributed by atoms with E-state index < -0.39 is 22.8 Å². The molecule has 3 rings (SSSR count). The van der Waals surface area contributed by atoms with Gasteiger partial charge >= 0.3 is 0 Å². The van der Waals surface area contributed by atoms with Crippen molar-refractivity contribution in [1.29, 1.82) is 0 Å². The van der Waals surface area contributed by atoms with Crippen LogP contribution in [0.5, 0.6) is 0 Å². The monoisotopic (exact) mass is 409 g/mol. The molecule has 10 heteroatoms. The standard InChI is InChI=1S/C19H31N5O5/c1-17(2,28-4)16(27)21-18(3)7-10-29-19(15(18)26)5-8-24(9-6-19)14(25)12-11-13(20)23-22-12/h11,15,26H,5-10H2,1-4H3,(H,21,27)(H3,20,22,23)/t15-,18+/m0/s1. The maximum absolute atomic E-state index is 12.6. The number of hydrogen-bond donors (Lipinski definition) is 4. The number of nitrogen functional groups attached to an aromatic ring is 1. The zero-order chi connectivity index (χ0) is 21.4. The third kappa shape index (κ3) is 3.96. The fourth-order valence-corrected chi connectivity index (χ4v) is 4.02. The highest BCUT2D eigenvalue weighted by atomic mass is 16.5. The number of carbonyl (C=O) groups excluding carboxylic acids is 2. The van der Waals surface area contributed by atoms with Crippen LogP contribution in [-0.4, -0.2) is 81.7 Å². The Kier molecular flexibility index (Phi) is 5.63. The van der Waals surface area contributed by atoms with Crippen molar-refractivity contribution in [2.45, 2.75) is 62.9 Å². The Bertz CT molecular complexity index is 771. The van der Waals surface area contributed by atoms with Gasteiger partial charge in [-0.2, -0.15) is 5.10 Å². The first-order valence-corrected chi connectivity index (χ1v) is 9.83. The minimum Gasteiger partial charge on any atom is -0.388 e. The molecule has 1 spiro atoms. The number of piperidine rings is 1. The summed E-state index contributed by atoms with van der Waals surface area (Å²) in [6, 6.07) is 1.50. The van der Waals surface area contributed by atoms with E-state index in [4.69, 9.17) is 15.2 Å². The topological polar surface area (TPSA) is 143 Å². The normalized spacial score (nSPS) is 27.1. The number of hydrogen-bond acceptors (Lipinski definition) is 7. The number of H-pyrrole nitrogens is 1. The lowest BCUT2D eigenvalue weighted by atomic mass is 9.73. The van der Waals surface area contributed by atoms with Crippen molar-refractivity contribution in [2.75, 3.05) is 32.5 Å². The van der Waals surface area contributed by atoms with Gasteiger partial charge < -0.3 is 30.5 Å². The molecule has 0 radical (unpaired) electrons. The van der Waals surface area contributed by atoms with E-state index in [0.717, 1.165) is 0 Å². The van der Waals surface area contributed by atoms with Crippen molar-refractivity contribution >= 4 is 17.6 Å². The number of methoxy groups -OCH3 is 1. The number of ether oxygens (including phenoxy) is 2. The third-order valence-corrected chi connectivity index (χ3v) is 6.29. The molecule has 0 aromatic carbocycles. The number of rotatable bonds is 4. The summed E-state index contributed by atoms with van der Waals surface area (Å²) in [5.41, 5.74) is 3.24. The molecule has 1 aromatic heterocycles. The number of likely N-dealkylation sites (tertiary alicyclic amines) is 1. The lowest BCUT2D eigenvalue weighted by Crippen LogP contribution is -2.70. The first-order chi connectivity index (χ1) is 13.5. The predicted octanol–water partition coefficient (Wildman–Crippen LogP) is 0.0478. The van der Waals surface area contributed by atoms with Crippen LogP contribution in [0.15, 0.2) is 6.07 Å². The molecular weight excluding hydrogens is 378 g/mol. The number of aromatic amines is 1. The van der Waals surface area contributed by atoms with Gasteiger partial charge in [0.15, 0.2) is 0 Å². The molecule has 2 aliphatic rings. The highest BCUT2D eigenvalue weighted by Gasteiger charge is 2.54. The molecule has 2 saturated heterocycles. The van der Waals surface area contributed by atoms with E-state index in [1.54, 1.807) is 18.7 Å². The Hall–Kier alpha value is -2.17. The van der Waals surface area contributed by atoms with Crippen LogP contribution in [-0.2, 0) is 14.3 Å². The Morgan fingerprint density at radius 3 is 2.62 bits per heavy atom. The molecule has 10 nitrogen and oxygen atoms in total. The smallest absolute Gasteiger partial charge is 0.271 e. The highest BCUT2D eigenvalue weighted by Crippen LogP contribution is 2.40. The predicted molar refractivity (Wildman–Crippen MR) is 105 cm³/mol. The largest absolute Gasteiger partial charge is 0.388 e. The molecule has 2 aliphatic heterocycles. The average molecular weight is 409 g/mol. The Morgan fingerprint density at radius 2 is 2.07 bits per heavy atom. The van der Waals surface area contributed by atoms with Crippen LogP contribution in [0.2, 0.25) is 0 Å². The molecule has 5 N–H and O–H groups in total. The van der Waals surface area contributed by atoms with Gasteiger partial charge in [-0.25, -0.2) is 0 Å². The van der Waals surface area contributed by atoms with Crippen molar-refractivity contribution in [2.24, 2.45) is 0 Å². The van der Waals surface area contributed by atoms with Crippen LogP contribution in [0.25, 0.3) is 0 Å². The van der Waals surface area contributed by atoms with Gasteiger partial charge in [0.1, 0.15) is 23.2 Å². The van der Waals surface area contributed by atoms with Gasteiger partial charge in [-0.15, -0.1) is 0 Å². The Balaban J connectivity index is 1.69. The van der Waals surface area contributed by atoms with E-state index in [2.05, 4.69) is 15.5 Å². The average Bonchev–Trinajstić information content (AvgIpc) is 3.12. The van der Waals surface area contributed by atoms with E-state index in [0.29, 0.717) is 44.7 Å². The molecule has 29 heavy (non-hydrogen) atoms. The molecule has 1 aromatic rings. The molecule has 162 valence electrons. The van der Waals surface area contributed by atoms with Crippen LogP contribution < -0.4 is 11.1 Å². The lowest BCUT2D eigenvalue weighted by molar-refractivity contribution is -0.207. The van der Waals surface area contributed by atoms with Gasteiger partial charge in [-0.05, 0) is 40.0 Å². The molecule has 0 bridgehead atoms. The summed E-state index contributed by atoms with van der Waals surface area (Å²) in [6.07, 6.45) is 0.489. The highest BCUT2D eigenvalue weighted by molar-refractivity contribution is 5.93. The zero-order valence-electron chi connectivity index (χ0n) is 17.4. The third-order valence-electron chi connectivity index (χ3n) is 6.29. The fourth-order valence-electron chi connectivity index (χ4n) is 4.02. The second kappa shape index (κ2) is 7.58. The number of aromatic nitrogens is 2. The van der Waals surface area contributed by atoms with E-state index in [1.165, 1.54) is 13.2 Å². The Labute approximate surface area is 170 Å². The van der Waals surface area contributed by atoms with Gasteiger partial charge in [-0.3, -0.25) is 14.7 Å². The van der Waals surface area contributed by atoms with Crippen molar-refractivity contribution in [3.8, 4) is 0 Å². The van der Waals surface area contributed by atoms with E-state index in [1.807, 2.05) is 6.92 Å². The van der Waals surface area contributed by atoms with Gasteiger partial charge in [0.2, 0.25) is 0 Å². The van der Waals surface area contributed by atoms with Crippen molar-refractivity contribution in [3.63, 3.8) is 0 Å². The fraction of sp³-hybridized carbons (Fsp3) is 0.737. The number of nitrogens with one attached hydrogen (secondary N) is 2. The maximum Gasteiger partial charge on any atom is 0.271 e. The van der Waals surface area contributed by atoms with Crippen molar-refractivity contribution in [1.82, 2.24) is 20.4 Å². The zero-order valence-corrected chi connectivity index (χ0v) is 17.4. The van der Waals surface area contributed by atoms with E-state index >= 15 is 0 Å². The second-order valence-corrected chi connectivity index (χ2v) is 8.65. The molecule has 2 fully saturated rings. The molecule has 0 saturated carbocycles. The number of amides is 2. The summed E-state index contributed by atoms with van der Waals surface area (Å²) in [7, 11) is 1.48. The summed E-state index contributed by atoms with van der Waals surface area (Å²) in [5.74, 6) is -0.214. The summed E-state index contributed by atoms with van der Waals surface area (Å²) in [5, 5.41) is 20.6. The molecule has 2 amide bonds. The first kappa shape index (κ1) is 21.5. The lowest BCUT2D eigenvalue weighted by Gasteiger charge is -2.53. The van der Waals surface area contributed by atoms with Crippen LogP contribution >= 0.6 is 0 Å². The molecule has 3 heterocycles. The van der Waals surface area contributed by atoms with Crippen molar-refractivity contribution < 1.29 is 24.2 Å². The summed E-state index contributed by atoms with van der Waals surface area (Å²) in [4.78, 5) is 26.9. The SMILES string of the molecule is COC(C)(C)C(=O)N[C@]1(C)CCOC2(CCN(C(=O)c3cc(N)n[nH]3)CC2)[C@H]1O. The minimum absolute atomic E-state index is 0.188. The Morgan fingerprint density at radius 1 is 1.41 bits per heavy atom. The van der Waals surface area contributed by atoms with Crippen LogP contribution in [0.4, 0.5) is 5.82 Å². The molecule has 0 unspecified atom stereocenters. The quantitative estimate of drug-likeness (QED) is 0.550. The summed E-state index contributed by atoms with van der Waals surface area (Å²) in [6.45, 7) is 6.44. The first-order valence-electron chi connectivity index (χ1n) is 9.83. The van der Waals surface area contributed by atoms with Gasteiger partial charge in [0.25, 0.3) is 11.8 Å². The van der Waals surface area contributed by atoms with E-state index in [9.17, 15) is 14.7 Å². The molecule has 2 atom stereocenters. The number of anilines is 1. The van der Waals surface area contributed by atoms with Gasteiger partial charge in [0, 0.05) is 32.9 Å². The molecule has 0 aliphatic carbocycles. The van der Waals surface area contributed by atoms with Gasteiger partial charge in [0.05, 0.1) is 11.1 Å². The second-order valence-electron chi connectivity index (χ2n) is 8.65. The number of carbonyl (C=O) groups is 2. The number of nitrogens with two attached hydrogens (primary N) is 1. The van der Waals surface area contributed by atoms with Crippen LogP contribution in [0.3, 0.4) is 0 Å². The number of aliphatic hydroxyl groups is 1. The molecular formula is C19H31N5O5. The van der Waals surface area contributed by atoms with E-state index in [-0.39, 0.29) is 17.6 Å². The maximum atomic E-state index is 12.6. The van der Waals surface area contributed by atoms with Crippen molar-refractivity contribution in [3.05, 3.63) is 11.8 Å². The summed E-state index contributed by atoms with van der Waals surface area (Å²) < 4.78 is 11.3. The minimum atomic E-state index is -1.00.